The Balaban J connectivity index is 2.82. The van der Waals surface area contributed by atoms with Crippen molar-refractivity contribution in [2.75, 3.05) is 13.1 Å². The summed E-state index contributed by atoms with van der Waals surface area (Å²) >= 11 is 0. The van der Waals surface area contributed by atoms with Gasteiger partial charge >= 0.3 is 6.18 Å². The molecule has 0 saturated heterocycles. The number of nitrogens with one attached hydrogen (secondary N) is 1. The second-order valence-electron chi connectivity index (χ2n) is 6.24. The largest absolute Gasteiger partial charge is 0.416 e. The highest BCUT2D eigenvalue weighted by molar-refractivity contribution is 7.89. The molecule has 1 rings (SSSR count). The van der Waals surface area contributed by atoms with Crippen LogP contribution in [0.1, 0.15) is 45.6 Å². The maximum Gasteiger partial charge on any atom is 0.416 e. The summed E-state index contributed by atoms with van der Waals surface area (Å²) in [6.07, 6.45) is -1.90. The number of nitrogens with zero attached hydrogens (tertiary/aromatic N) is 1. The lowest BCUT2D eigenvalue weighted by molar-refractivity contribution is -0.137. The molecule has 0 radical (unpaired) electrons. The van der Waals surface area contributed by atoms with Gasteiger partial charge in [-0.05, 0) is 38.5 Å². The quantitative estimate of drug-likeness (QED) is 0.653. The third-order valence-electron chi connectivity index (χ3n) is 3.83. The molecule has 0 aliphatic carbocycles. The smallest absolute Gasteiger partial charge is 0.339 e. The molecule has 5 nitrogen and oxygen atoms in total. The van der Waals surface area contributed by atoms with Crippen LogP contribution in [0.3, 0.4) is 0 Å². The van der Waals surface area contributed by atoms with Gasteiger partial charge in [0.05, 0.1) is 17.0 Å². The number of unbranched alkanes of at least 4 members (excludes halogenated alkanes) is 2. The summed E-state index contributed by atoms with van der Waals surface area (Å²) in [6, 6.07) is 3.32. The normalized spacial score (nSPS) is 12.4. The van der Waals surface area contributed by atoms with E-state index in [1.165, 1.54) is 0 Å². The molecule has 0 aliphatic rings. The molecule has 1 aromatic carbocycles. The number of halogens is 3. The van der Waals surface area contributed by atoms with Crippen LogP contribution in [0.5, 0.6) is 0 Å². The fraction of sp³-hybridized carbons (Fsp3) is 0.588. The number of amides is 1. The van der Waals surface area contributed by atoms with E-state index < -0.39 is 39.1 Å². The lowest BCUT2D eigenvalue weighted by atomic mass is 10.2. The van der Waals surface area contributed by atoms with Crippen LogP contribution in [0.4, 0.5) is 13.2 Å². The fourth-order valence-electron chi connectivity index (χ4n) is 2.38. The van der Waals surface area contributed by atoms with Crippen molar-refractivity contribution in [3.05, 3.63) is 29.8 Å². The predicted molar refractivity (Wildman–Crippen MR) is 93.0 cm³/mol. The zero-order valence-electron chi connectivity index (χ0n) is 15.1. The summed E-state index contributed by atoms with van der Waals surface area (Å²) in [6.45, 7) is 5.69. The zero-order chi connectivity index (χ0) is 20.0. The Hall–Kier alpha value is -1.61. The summed E-state index contributed by atoms with van der Waals surface area (Å²) in [5.74, 6) is -0.411. The van der Waals surface area contributed by atoms with Crippen molar-refractivity contribution in [3.8, 4) is 0 Å². The van der Waals surface area contributed by atoms with Gasteiger partial charge in [-0.25, -0.2) is 13.1 Å². The van der Waals surface area contributed by atoms with Gasteiger partial charge in [-0.1, -0.05) is 25.8 Å². The van der Waals surface area contributed by atoms with Crippen LogP contribution in [0, 0.1) is 0 Å². The molecule has 0 aromatic heterocycles. The molecule has 0 fully saturated rings. The molecule has 0 heterocycles. The van der Waals surface area contributed by atoms with Crippen molar-refractivity contribution in [1.29, 1.82) is 0 Å². The molecule has 0 spiro atoms. The van der Waals surface area contributed by atoms with E-state index in [4.69, 9.17) is 0 Å². The Morgan fingerprint density at radius 2 is 1.88 bits per heavy atom. The number of carbonyl (C=O) groups excluding carboxylic acids is 1. The summed E-state index contributed by atoms with van der Waals surface area (Å²) < 4.78 is 64.7. The monoisotopic (exact) mass is 394 g/mol. The number of alkyl halides is 3. The second-order valence-corrected chi connectivity index (χ2v) is 8.01. The number of sulfonamides is 1. The SMILES string of the molecule is CCCCCN(C(=O)CNS(=O)(=O)c1cccc(C(F)(F)F)c1)C(C)C. The van der Waals surface area contributed by atoms with Crippen molar-refractivity contribution in [1.82, 2.24) is 9.62 Å². The summed E-state index contributed by atoms with van der Waals surface area (Å²) in [5.41, 5.74) is -1.06. The van der Waals surface area contributed by atoms with E-state index in [2.05, 4.69) is 4.72 Å². The first kappa shape index (κ1) is 22.4. The zero-order valence-corrected chi connectivity index (χ0v) is 16.0. The van der Waals surface area contributed by atoms with Crippen LogP contribution >= 0.6 is 0 Å². The van der Waals surface area contributed by atoms with E-state index in [-0.39, 0.29) is 6.04 Å². The number of hydrogen-bond acceptors (Lipinski definition) is 3. The summed E-state index contributed by atoms with van der Waals surface area (Å²) in [5, 5.41) is 0. The first-order chi connectivity index (χ1) is 12.0. The van der Waals surface area contributed by atoms with Crippen LogP contribution in [0.2, 0.25) is 0 Å². The average Bonchev–Trinajstić information content (AvgIpc) is 2.56. The van der Waals surface area contributed by atoms with Gasteiger partial charge in [0.1, 0.15) is 0 Å². The topological polar surface area (TPSA) is 66.5 Å². The highest BCUT2D eigenvalue weighted by Crippen LogP contribution is 2.30. The molecular formula is C17H25F3N2O3S. The van der Waals surface area contributed by atoms with Gasteiger partial charge in [-0.2, -0.15) is 13.2 Å². The van der Waals surface area contributed by atoms with Crippen LogP contribution in [0.15, 0.2) is 29.2 Å². The molecule has 0 saturated carbocycles. The summed E-state index contributed by atoms with van der Waals surface area (Å²) in [4.78, 5) is 13.3. The first-order valence-electron chi connectivity index (χ1n) is 8.45. The minimum Gasteiger partial charge on any atom is -0.339 e. The molecular weight excluding hydrogens is 369 g/mol. The molecule has 1 N–H and O–H groups in total. The van der Waals surface area contributed by atoms with Gasteiger partial charge in [0.15, 0.2) is 0 Å². The molecule has 148 valence electrons. The van der Waals surface area contributed by atoms with E-state index in [0.717, 1.165) is 37.5 Å². The highest BCUT2D eigenvalue weighted by atomic mass is 32.2. The van der Waals surface area contributed by atoms with Crippen molar-refractivity contribution in [2.45, 2.75) is 57.1 Å². The van der Waals surface area contributed by atoms with Gasteiger partial charge in [-0.15, -0.1) is 0 Å². The van der Waals surface area contributed by atoms with Crippen molar-refractivity contribution >= 4 is 15.9 Å². The molecule has 26 heavy (non-hydrogen) atoms. The molecule has 1 amide bonds. The highest BCUT2D eigenvalue weighted by Gasteiger charge is 2.31. The predicted octanol–water partition coefficient (Wildman–Crippen LogP) is 3.41. The van der Waals surface area contributed by atoms with Crippen molar-refractivity contribution in [2.24, 2.45) is 0 Å². The van der Waals surface area contributed by atoms with Crippen LogP contribution in [0.25, 0.3) is 0 Å². The van der Waals surface area contributed by atoms with E-state index in [1.54, 1.807) is 4.90 Å². The van der Waals surface area contributed by atoms with Gasteiger partial charge < -0.3 is 4.90 Å². The third-order valence-corrected chi connectivity index (χ3v) is 5.23. The Labute approximate surface area is 152 Å². The standard InChI is InChI=1S/C17H25F3N2O3S/c1-4-5-6-10-22(13(2)3)16(23)12-21-26(24,25)15-9-7-8-14(11-15)17(18,19)20/h7-9,11,13,21H,4-6,10,12H2,1-3H3. The number of benzene rings is 1. The lowest BCUT2D eigenvalue weighted by Gasteiger charge is -2.27. The Bertz CT molecular complexity index is 703. The van der Waals surface area contributed by atoms with Gasteiger partial charge in [0.2, 0.25) is 15.9 Å². The lowest BCUT2D eigenvalue weighted by Crippen LogP contribution is -2.44. The van der Waals surface area contributed by atoms with Gasteiger partial charge in [0, 0.05) is 12.6 Å². The number of rotatable bonds is 9. The third kappa shape index (κ3) is 6.60. The molecule has 0 atom stereocenters. The molecule has 9 heteroatoms. The minimum absolute atomic E-state index is 0.0996. The second kappa shape index (κ2) is 9.36. The van der Waals surface area contributed by atoms with Gasteiger partial charge in [0.25, 0.3) is 0 Å². The number of carbonyl (C=O) groups is 1. The molecule has 0 bridgehead atoms. The van der Waals surface area contributed by atoms with E-state index in [0.29, 0.717) is 12.6 Å². The first-order valence-corrected chi connectivity index (χ1v) is 9.93. The van der Waals surface area contributed by atoms with E-state index in [9.17, 15) is 26.4 Å². The fourth-order valence-corrected chi connectivity index (χ4v) is 3.40. The van der Waals surface area contributed by atoms with Crippen LogP contribution < -0.4 is 4.72 Å². The molecule has 1 aromatic rings. The van der Waals surface area contributed by atoms with Gasteiger partial charge in [-0.3, -0.25) is 4.79 Å². The Kier molecular flexibility index (Phi) is 8.08. The van der Waals surface area contributed by atoms with Crippen LogP contribution in [-0.4, -0.2) is 38.4 Å². The average molecular weight is 394 g/mol. The Morgan fingerprint density at radius 1 is 1.23 bits per heavy atom. The maximum absolute atomic E-state index is 12.7. The van der Waals surface area contributed by atoms with E-state index >= 15 is 0 Å². The molecule has 0 aliphatic heterocycles. The Morgan fingerprint density at radius 3 is 2.42 bits per heavy atom. The summed E-state index contributed by atoms with van der Waals surface area (Å²) in [7, 11) is -4.22. The van der Waals surface area contributed by atoms with Crippen molar-refractivity contribution < 1.29 is 26.4 Å². The number of hydrogen-bond donors (Lipinski definition) is 1. The van der Waals surface area contributed by atoms with Crippen molar-refractivity contribution in [3.63, 3.8) is 0 Å². The van der Waals surface area contributed by atoms with Crippen LogP contribution in [-0.2, 0) is 21.0 Å². The van der Waals surface area contributed by atoms with E-state index in [1.807, 2.05) is 20.8 Å². The minimum atomic E-state index is -4.64. The maximum atomic E-state index is 12.7. The molecule has 0 unspecified atom stereocenters.